The zero-order valence-corrected chi connectivity index (χ0v) is 20.7. The van der Waals surface area contributed by atoms with Gasteiger partial charge < -0.3 is 0 Å². The second kappa shape index (κ2) is 9.63. The first kappa shape index (κ1) is 22.6. The second-order valence-corrected chi connectivity index (χ2v) is 9.07. The molecule has 0 amide bonds. The van der Waals surface area contributed by atoms with Gasteiger partial charge in [0.1, 0.15) is 11.4 Å². The van der Waals surface area contributed by atoms with Crippen LogP contribution in [-0.4, -0.2) is 25.1 Å². The van der Waals surface area contributed by atoms with Crippen molar-refractivity contribution < 1.29 is 0 Å². The third-order valence-corrected chi connectivity index (χ3v) is 6.47. The quantitative estimate of drug-likeness (QED) is 0.277. The van der Waals surface area contributed by atoms with Crippen LogP contribution in [0.4, 0.5) is 0 Å². The van der Waals surface area contributed by atoms with Crippen LogP contribution in [0.25, 0.3) is 56.4 Å². The van der Waals surface area contributed by atoms with Gasteiger partial charge in [-0.2, -0.15) is 5.10 Å². The molecular formula is C32H25N5. The van der Waals surface area contributed by atoms with Crippen molar-refractivity contribution in [2.45, 2.75) is 13.8 Å². The lowest BCUT2D eigenvalue weighted by atomic mass is 9.86. The average Bonchev–Trinajstić information content (AvgIpc) is 3.44. The number of hydrogen-bond acceptors (Lipinski definition) is 4. The average molecular weight is 480 g/mol. The van der Waals surface area contributed by atoms with Gasteiger partial charge in [0.15, 0.2) is 11.6 Å². The van der Waals surface area contributed by atoms with Crippen molar-refractivity contribution in [3.05, 3.63) is 121 Å². The molecule has 0 atom stereocenters. The molecule has 0 spiro atoms. The molecule has 1 N–H and O–H groups in total. The number of pyridine rings is 2. The van der Waals surface area contributed by atoms with Crippen LogP contribution in [0.1, 0.15) is 11.1 Å². The second-order valence-electron chi connectivity index (χ2n) is 9.07. The van der Waals surface area contributed by atoms with Gasteiger partial charge in [0.2, 0.25) is 0 Å². The molecule has 0 unspecified atom stereocenters. The van der Waals surface area contributed by atoms with Gasteiger partial charge in [-0.3, -0.25) is 15.1 Å². The summed E-state index contributed by atoms with van der Waals surface area (Å²) in [5.41, 5.74) is 10.7. The van der Waals surface area contributed by atoms with E-state index in [-0.39, 0.29) is 0 Å². The molecule has 0 aliphatic carbocycles. The van der Waals surface area contributed by atoms with E-state index in [1.165, 1.54) is 33.4 Å². The molecule has 3 aromatic heterocycles. The number of H-pyrrole nitrogens is 1. The maximum absolute atomic E-state index is 4.70. The van der Waals surface area contributed by atoms with Crippen LogP contribution < -0.4 is 0 Å². The van der Waals surface area contributed by atoms with E-state index < -0.39 is 0 Å². The molecule has 5 nitrogen and oxygen atoms in total. The number of aromatic nitrogens is 5. The predicted molar refractivity (Wildman–Crippen MR) is 149 cm³/mol. The zero-order chi connectivity index (χ0) is 25.2. The van der Waals surface area contributed by atoms with E-state index in [9.17, 15) is 0 Å². The monoisotopic (exact) mass is 479 g/mol. The van der Waals surface area contributed by atoms with Crippen LogP contribution in [0.15, 0.2) is 109 Å². The molecule has 3 heterocycles. The van der Waals surface area contributed by atoms with E-state index in [1.807, 2.05) is 30.5 Å². The number of aryl methyl sites for hydroxylation is 2. The summed E-state index contributed by atoms with van der Waals surface area (Å²) in [5, 5.41) is 7.47. The normalized spacial score (nSPS) is 11.0. The van der Waals surface area contributed by atoms with E-state index in [0.29, 0.717) is 17.3 Å². The Morgan fingerprint density at radius 2 is 1.38 bits per heavy atom. The molecule has 5 heteroatoms. The number of nitrogens with zero attached hydrogens (tertiary/aromatic N) is 4. The highest BCUT2D eigenvalue weighted by atomic mass is 15.2. The minimum absolute atomic E-state index is 0.538. The lowest BCUT2D eigenvalue weighted by Gasteiger charge is -2.18. The van der Waals surface area contributed by atoms with Crippen LogP contribution in [0.2, 0.25) is 0 Å². The molecule has 37 heavy (non-hydrogen) atoms. The summed E-state index contributed by atoms with van der Waals surface area (Å²) >= 11 is 0. The fraction of sp³-hybridized carbons (Fsp3) is 0.0625. The largest absolute Gasteiger partial charge is 0.257 e. The molecule has 0 fully saturated rings. The van der Waals surface area contributed by atoms with Crippen molar-refractivity contribution in [2.75, 3.05) is 0 Å². The highest BCUT2D eigenvalue weighted by Crippen LogP contribution is 2.42. The fourth-order valence-electron chi connectivity index (χ4n) is 4.66. The first-order chi connectivity index (χ1) is 18.2. The lowest BCUT2D eigenvalue weighted by molar-refractivity contribution is 1.08. The highest BCUT2D eigenvalue weighted by molar-refractivity contribution is 5.96. The Balaban J connectivity index is 1.55. The number of nitrogens with one attached hydrogen (secondary N) is 1. The molecule has 6 aromatic rings. The van der Waals surface area contributed by atoms with E-state index in [1.54, 1.807) is 6.20 Å². The van der Waals surface area contributed by atoms with Crippen LogP contribution in [0, 0.1) is 13.8 Å². The molecule has 0 aliphatic rings. The summed E-state index contributed by atoms with van der Waals surface area (Å²) < 4.78 is 0. The Hall–Kier alpha value is -4.90. The summed E-state index contributed by atoms with van der Waals surface area (Å²) in [7, 11) is 0. The summed E-state index contributed by atoms with van der Waals surface area (Å²) in [6.45, 7) is 4.23. The predicted octanol–water partition coefficient (Wildman–Crippen LogP) is 7.55. The maximum Gasteiger partial charge on any atom is 0.200 e. The van der Waals surface area contributed by atoms with Crippen molar-refractivity contribution in [3.8, 4) is 56.4 Å². The van der Waals surface area contributed by atoms with Gasteiger partial charge in [-0.25, -0.2) is 4.98 Å². The van der Waals surface area contributed by atoms with E-state index in [2.05, 4.69) is 102 Å². The number of rotatable bonds is 5. The molecular weight excluding hydrogens is 454 g/mol. The van der Waals surface area contributed by atoms with Crippen molar-refractivity contribution in [2.24, 2.45) is 0 Å². The Morgan fingerprint density at radius 3 is 2.16 bits per heavy atom. The van der Waals surface area contributed by atoms with Crippen molar-refractivity contribution in [3.63, 3.8) is 0 Å². The zero-order valence-electron chi connectivity index (χ0n) is 20.7. The van der Waals surface area contributed by atoms with Crippen LogP contribution in [-0.2, 0) is 0 Å². The van der Waals surface area contributed by atoms with Crippen molar-refractivity contribution in [1.82, 2.24) is 25.1 Å². The van der Waals surface area contributed by atoms with Gasteiger partial charge in [-0.05, 0) is 71.0 Å². The third-order valence-electron chi connectivity index (χ3n) is 6.47. The molecule has 0 aliphatic heterocycles. The molecule has 6 rings (SSSR count). The van der Waals surface area contributed by atoms with Gasteiger partial charge >= 0.3 is 0 Å². The van der Waals surface area contributed by atoms with E-state index in [4.69, 9.17) is 9.97 Å². The standard InChI is InChI=1S/C32H25N5/c1-21-10-8-13-24(18-21)26-15-9-14-25(23-11-4-3-5-12-23)30(26)27-19-29(34-20-22(27)2)32-35-31(36-37-32)28-16-6-7-17-33-28/h3-20H,1-2H3,(H,35,36,37). The van der Waals surface area contributed by atoms with Gasteiger partial charge in [-0.15, -0.1) is 0 Å². The Bertz CT molecular complexity index is 1690. The lowest BCUT2D eigenvalue weighted by Crippen LogP contribution is -1.96. The molecule has 0 bridgehead atoms. The van der Waals surface area contributed by atoms with Gasteiger partial charge in [0, 0.05) is 12.4 Å². The number of hydrogen-bond donors (Lipinski definition) is 1. The van der Waals surface area contributed by atoms with Gasteiger partial charge in [-0.1, -0.05) is 84.4 Å². The summed E-state index contributed by atoms with van der Waals surface area (Å²) in [5.74, 6) is 1.15. The van der Waals surface area contributed by atoms with Gasteiger partial charge in [0.05, 0.1) is 0 Å². The molecule has 3 aromatic carbocycles. The van der Waals surface area contributed by atoms with E-state index in [0.717, 1.165) is 16.8 Å². The maximum atomic E-state index is 4.70. The van der Waals surface area contributed by atoms with Crippen LogP contribution >= 0.6 is 0 Å². The smallest absolute Gasteiger partial charge is 0.200 e. The minimum atomic E-state index is 0.538. The summed E-state index contributed by atoms with van der Waals surface area (Å²) in [6.07, 6.45) is 3.65. The first-order valence-electron chi connectivity index (χ1n) is 12.2. The topological polar surface area (TPSA) is 67.3 Å². The van der Waals surface area contributed by atoms with Crippen LogP contribution in [0.3, 0.4) is 0 Å². The first-order valence-corrected chi connectivity index (χ1v) is 12.2. The SMILES string of the molecule is Cc1cccc(-c2cccc(-c3ccccc3)c2-c2cc(-c3n[nH]c(-c4ccccn4)n3)ncc2C)c1. The Labute approximate surface area is 216 Å². The van der Waals surface area contributed by atoms with E-state index >= 15 is 0 Å². The Kier molecular flexibility index (Phi) is 5.87. The number of aromatic amines is 1. The molecule has 0 saturated carbocycles. The Morgan fingerprint density at radius 1 is 0.622 bits per heavy atom. The highest BCUT2D eigenvalue weighted by Gasteiger charge is 2.18. The number of benzene rings is 3. The fourth-order valence-corrected chi connectivity index (χ4v) is 4.66. The third kappa shape index (κ3) is 4.43. The summed E-state index contributed by atoms with van der Waals surface area (Å²) in [6, 6.07) is 33.5. The minimum Gasteiger partial charge on any atom is -0.257 e. The molecule has 178 valence electrons. The van der Waals surface area contributed by atoms with Crippen LogP contribution in [0.5, 0.6) is 0 Å². The van der Waals surface area contributed by atoms with Gasteiger partial charge in [0.25, 0.3) is 0 Å². The molecule has 0 saturated heterocycles. The van der Waals surface area contributed by atoms with Crippen molar-refractivity contribution >= 4 is 0 Å². The summed E-state index contributed by atoms with van der Waals surface area (Å²) in [4.78, 5) is 13.8. The molecule has 0 radical (unpaired) electrons. The van der Waals surface area contributed by atoms with Crippen molar-refractivity contribution in [1.29, 1.82) is 0 Å².